The highest BCUT2D eigenvalue weighted by atomic mass is 16.5. The van der Waals surface area contributed by atoms with Gasteiger partial charge in [-0.2, -0.15) is 0 Å². The quantitative estimate of drug-likeness (QED) is 0.464. The lowest BCUT2D eigenvalue weighted by molar-refractivity contribution is -0.144. The zero-order valence-corrected chi connectivity index (χ0v) is 11.8. The lowest BCUT2D eigenvalue weighted by Crippen LogP contribution is -2.07. The fourth-order valence-corrected chi connectivity index (χ4v) is 2.27. The van der Waals surface area contributed by atoms with Crippen molar-refractivity contribution in [3.05, 3.63) is 12.2 Å². The summed E-state index contributed by atoms with van der Waals surface area (Å²) in [4.78, 5) is 11.4. The van der Waals surface area contributed by atoms with Gasteiger partial charge in [0.05, 0.1) is 6.61 Å². The predicted molar refractivity (Wildman–Crippen MR) is 75.4 cm³/mol. The maximum Gasteiger partial charge on any atom is 0.305 e. The lowest BCUT2D eigenvalue weighted by Gasteiger charge is -2.08. The van der Waals surface area contributed by atoms with Gasteiger partial charge in [0.15, 0.2) is 0 Å². The Labute approximate surface area is 112 Å². The van der Waals surface area contributed by atoms with E-state index in [1.807, 2.05) is 0 Å². The first-order valence-corrected chi connectivity index (χ1v) is 7.61. The van der Waals surface area contributed by atoms with Crippen molar-refractivity contribution in [2.45, 2.75) is 71.1 Å². The van der Waals surface area contributed by atoms with Gasteiger partial charge in [-0.25, -0.2) is 0 Å². The molecule has 0 radical (unpaired) electrons. The molecule has 2 nitrogen and oxygen atoms in total. The van der Waals surface area contributed by atoms with Crippen molar-refractivity contribution in [2.24, 2.45) is 5.92 Å². The highest BCUT2D eigenvalue weighted by Crippen LogP contribution is 2.12. The molecule has 0 saturated heterocycles. The number of cyclic esters (lactones) is 1. The molecule has 0 bridgehead atoms. The summed E-state index contributed by atoms with van der Waals surface area (Å²) in [5.74, 6) is 0.504. The minimum absolute atomic E-state index is 0.0155. The summed E-state index contributed by atoms with van der Waals surface area (Å²) in [5.41, 5.74) is 0. The number of rotatable bonds is 0. The molecule has 18 heavy (non-hydrogen) atoms. The summed E-state index contributed by atoms with van der Waals surface area (Å²) in [5, 5.41) is 0. The van der Waals surface area contributed by atoms with E-state index in [1.54, 1.807) is 0 Å². The monoisotopic (exact) mass is 252 g/mol. The Morgan fingerprint density at radius 1 is 1.06 bits per heavy atom. The predicted octanol–water partition coefficient (Wildman–Crippen LogP) is 4.64. The van der Waals surface area contributed by atoms with Crippen molar-refractivity contribution in [2.75, 3.05) is 6.61 Å². The Bertz CT molecular complexity index is 245. The molecular formula is C16H28O2. The van der Waals surface area contributed by atoms with Crippen LogP contribution in [0.5, 0.6) is 0 Å². The molecule has 2 heteroatoms. The van der Waals surface area contributed by atoms with Crippen LogP contribution in [0.25, 0.3) is 0 Å². The summed E-state index contributed by atoms with van der Waals surface area (Å²) in [6.45, 7) is 2.76. The Kier molecular flexibility index (Phi) is 8.62. The molecule has 1 aliphatic heterocycles. The second-order valence-corrected chi connectivity index (χ2v) is 5.43. The maximum atomic E-state index is 11.4. The van der Waals surface area contributed by atoms with Gasteiger partial charge in [0.2, 0.25) is 0 Å². The molecule has 0 aromatic heterocycles. The van der Waals surface area contributed by atoms with Gasteiger partial charge in [0, 0.05) is 6.42 Å². The third kappa shape index (κ3) is 8.32. The Hall–Kier alpha value is -0.790. The fourth-order valence-electron chi connectivity index (χ4n) is 2.27. The zero-order chi connectivity index (χ0) is 13.1. The van der Waals surface area contributed by atoms with Crippen LogP contribution in [-0.2, 0) is 9.53 Å². The number of hydrogen-bond acceptors (Lipinski definition) is 2. The summed E-state index contributed by atoms with van der Waals surface area (Å²) >= 11 is 0. The Balaban J connectivity index is 2.28. The molecule has 0 unspecified atom stereocenters. The number of carbonyl (C=O) groups excluding carboxylic acids is 1. The molecule has 0 aromatic carbocycles. The molecule has 0 aromatic rings. The Morgan fingerprint density at radius 2 is 1.72 bits per heavy atom. The van der Waals surface area contributed by atoms with Crippen LogP contribution in [-0.4, -0.2) is 12.6 Å². The number of esters is 1. The molecule has 0 aliphatic carbocycles. The van der Waals surface area contributed by atoms with Gasteiger partial charge in [-0.3, -0.25) is 4.79 Å². The van der Waals surface area contributed by atoms with Crippen LogP contribution >= 0.6 is 0 Å². The average Bonchev–Trinajstić information content (AvgIpc) is 2.34. The summed E-state index contributed by atoms with van der Waals surface area (Å²) in [6.07, 6.45) is 16.1. The number of carbonyl (C=O) groups is 1. The van der Waals surface area contributed by atoms with Crippen molar-refractivity contribution in [1.29, 1.82) is 0 Å². The van der Waals surface area contributed by atoms with E-state index in [2.05, 4.69) is 19.1 Å². The van der Waals surface area contributed by atoms with E-state index in [-0.39, 0.29) is 5.97 Å². The van der Waals surface area contributed by atoms with Crippen LogP contribution in [0.15, 0.2) is 12.2 Å². The van der Waals surface area contributed by atoms with E-state index in [0.717, 1.165) is 12.8 Å². The van der Waals surface area contributed by atoms with Crippen LogP contribution in [0.4, 0.5) is 0 Å². The SMILES string of the molecule is C[C@H]1/C=C/CCCCCCCCCC(=O)OCC1. The van der Waals surface area contributed by atoms with Gasteiger partial charge >= 0.3 is 5.97 Å². The van der Waals surface area contributed by atoms with Gasteiger partial charge in [-0.05, 0) is 31.6 Å². The molecule has 1 aliphatic rings. The van der Waals surface area contributed by atoms with Crippen LogP contribution < -0.4 is 0 Å². The Morgan fingerprint density at radius 3 is 2.50 bits per heavy atom. The summed E-state index contributed by atoms with van der Waals surface area (Å²) in [7, 11) is 0. The van der Waals surface area contributed by atoms with Crippen molar-refractivity contribution in [1.82, 2.24) is 0 Å². The van der Waals surface area contributed by atoms with Crippen molar-refractivity contribution in [3.63, 3.8) is 0 Å². The van der Waals surface area contributed by atoms with E-state index in [9.17, 15) is 4.79 Å². The molecule has 1 atom stereocenters. The lowest BCUT2D eigenvalue weighted by atomic mass is 10.0. The van der Waals surface area contributed by atoms with Crippen LogP contribution in [0.2, 0.25) is 0 Å². The first-order valence-electron chi connectivity index (χ1n) is 7.61. The molecule has 1 heterocycles. The first-order chi connectivity index (χ1) is 8.79. The van der Waals surface area contributed by atoms with Crippen LogP contribution in [0, 0.1) is 5.92 Å². The van der Waals surface area contributed by atoms with E-state index < -0.39 is 0 Å². The van der Waals surface area contributed by atoms with E-state index in [4.69, 9.17) is 4.74 Å². The van der Waals surface area contributed by atoms with Gasteiger partial charge in [0.25, 0.3) is 0 Å². The molecule has 0 fully saturated rings. The highest BCUT2D eigenvalue weighted by molar-refractivity contribution is 5.69. The molecule has 0 saturated carbocycles. The van der Waals surface area contributed by atoms with E-state index in [1.165, 1.54) is 44.9 Å². The molecule has 0 N–H and O–H groups in total. The van der Waals surface area contributed by atoms with Gasteiger partial charge < -0.3 is 4.74 Å². The van der Waals surface area contributed by atoms with Crippen molar-refractivity contribution >= 4 is 5.97 Å². The molecule has 104 valence electrons. The van der Waals surface area contributed by atoms with Crippen LogP contribution in [0.3, 0.4) is 0 Å². The highest BCUT2D eigenvalue weighted by Gasteiger charge is 2.04. The maximum absolute atomic E-state index is 11.4. The zero-order valence-electron chi connectivity index (χ0n) is 11.8. The minimum Gasteiger partial charge on any atom is -0.466 e. The average molecular weight is 252 g/mol. The van der Waals surface area contributed by atoms with E-state index in [0.29, 0.717) is 18.9 Å². The standard InChI is InChI=1S/C16H28O2/c1-15-11-9-7-5-3-2-4-6-8-10-12-16(17)18-14-13-15/h9,11,15H,2-8,10,12-14H2,1H3/b11-9+/t15-/m0/s1. The normalized spacial score (nSPS) is 27.4. The third-order valence-electron chi connectivity index (χ3n) is 3.55. The van der Waals surface area contributed by atoms with Crippen molar-refractivity contribution < 1.29 is 9.53 Å². The molecule has 0 amide bonds. The topological polar surface area (TPSA) is 26.3 Å². The molecular weight excluding hydrogens is 224 g/mol. The van der Waals surface area contributed by atoms with Crippen molar-refractivity contribution in [3.8, 4) is 0 Å². The smallest absolute Gasteiger partial charge is 0.305 e. The number of hydrogen-bond donors (Lipinski definition) is 0. The van der Waals surface area contributed by atoms with Crippen LogP contribution in [0.1, 0.15) is 71.1 Å². The second kappa shape index (κ2) is 10.2. The van der Waals surface area contributed by atoms with Gasteiger partial charge in [0.1, 0.15) is 0 Å². The minimum atomic E-state index is -0.0155. The number of allylic oxidation sites excluding steroid dienone is 2. The van der Waals surface area contributed by atoms with Gasteiger partial charge in [-0.15, -0.1) is 0 Å². The second-order valence-electron chi connectivity index (χ2n) is 5.43. The summed E-state index contributed by atoms with van der Waals surface area (Å²) < 4.78 is 5.24. The summed E-state index contributed by atoms with van der Waals surface area (Å²) in [6, 6.07) is 0. The van der Waals surface area contributed by atoms with E-state index >= 15 is 0 Å². The molecule has 1 rings (SSSR count). The first kappa shape index (κ1) is 15.3. The molecule has 0 spiro atoms. The largest absolute Gasteiger partial charge is 0.466 e. The fraction of sp³-hybridized carbons (Fsp3) is 0.812. The third-order valence-corrected chi connectivity index (χ3v) is 3.55. The number of ether oxygens (including phenoxy) is 1. The van der Waals surface area contributed by atoms with Gasteiger partial charge in [-0.1, -0.05) is 51.2 Å².